The molecule has 1 unspecified atom stereocenters. The van der Waals surface area contributed by atoms with Crippen LogP contribution in [0.4, 0.5) is 0 Å². The Balaban J connectivity index is 1.57. The van der Waals surface area contributed by atoms with Crippen molar-refractivity contribution in [3.63, 3.8) is 0 Å². The number of methoxy groups -OCH3 is 1. The van der Waals surface area contributed by atoms with Crippen molar-refractivity contribution >= 4 is 35.3 Å². The van der Waals surface area contributed by atoms with E-state index in [4.69, 9.17) is 23.7 Å². The van der Waals surface area contributed by atoms with Gasteiger partial charge < -0.3 is 14.2 Å². The minimum Gasteiger partial charge on any atom is -0.469 e. The molecule has 0 saturated carbocycles. The number of esters is 1. The second kappa shape index (κ2) is 13.1. The number of benzene rings is 1. The minimum absolute atomic E-state index is 0.166. The number of halogens is 1. The summed E-state index contributed by atoms with van der Waals surface area (Å²) in [5.74, 6) is -0.322. The first-order valence-electron chi connectivity index (χ1n) is 13.3. The van der Waals surface area contributed by atoms with E-state index >= 15 is 0 Å². The Labute approximate surface area is 237 Å². The SMILES string of the molecule is COC(=O)CC[C@@H]1N=C(c2ccccn2)c2cc(Br)ccc2CC1OP(=O)(N1CCOCC1)N1CCOCC1. The van der Waals surface area contributed by atoms with Crippen LogP contribution in [0, 0.1) is 0 Å². The lowest BCUT2D eigenvalue weighted by atomic mass is 9.96. The molecule has 0 bridgehead atoms. The molecule has 2 aromatic rings. The number of carbonyl (C=O) groups is 1. The maximum absolute atomic E-state index is 14.9. The molecule has 2 atom stereocenters. The van der Waals surface area contributed by atoms with E-state index in [9.17, 15) is 9.36 Å². The second-order valence-corrected chi connectivity index (χ2v) is 12.9. The summed E-state index contributed by atoms with van der Waals surface area (Å²) in [6.45, 7) is 4.03. The summed E-state index contributed by atoms with van der Waals surface area (Å²) in [5, 5.41) is 0. The van der Waals surface area contributed by atoms with E-state index in [2.05, 4.69) is 20.9 Å². The summed E-state index contributed by atoms with van der Waals surface area (Å²) in [7, 11) is -2.09. The standard InChI is InChI=1S/C27H34BrN4O6P/c1-35-26(33)8-7-23-25(38-39(34,31-10-14-36-15-11-31)32-12-16-37-17-13-32)18-20-5-6-21(28)19-22(20)27(30-23)24-4-2-3-9-29-24/h2-6,9,19,23,25H,7-8,10-18H2,1H3/t23-,25?/m0/s1. The van der Waals surface area contributed by atoms with Crippen molar-refractivity contribution in [2.45, 2.75) is 31.4 Å². The molecular formula is C27H34BrN4O6P. The van der Waals surface area contributed by atoms with E-state index < -0.39 is 19.8 Å². The smallest absolute Gasteiger partial charge is 0.346 e. The highest BCUT2D eigenvalue weighted by atomic mass is 79.9. The molecule has 2 saturated heterocycles. The van der Waals surface area contributed by atoms with Gasteiger partial charge in [0.2, 0.25) is 0 Å². The van der Waals surface area contributed by atoms with Crippen molar-refractivity contribution < 1.29 is 28.1 Å². The Morgan fingerprint density at radius 3 is 2.38 bits per heavy atom. The average Bonchev–Trinajstić information content (AvgIpc) is 3.13. The van der Waals surface area contributed by atoms with Crippen LogP contribution in [0.3, 0.4) is 0 Å². The summed E-state index contributed by atoms with van der Waals surface area (Å²) in [5.41, 5.74) is 3.40. The Morgan fingerprint density at radius 1 is 1.08 bits per heavy atom. The van der Waals surface area contributed by atoms with Gasteiger partial charge in [-0.15, -0.1) is 0 Å². The number of nitrogens with zero attached hydrogens (tertiary/aromatic N) is 4. The molecule has 210 valence electrons. The lowest BCUT2D eigenvalue weighted by Gasteiger charge is -2.43. The van der Waals surface area contributed by atoms with Crippen LogP contribution in [0.5, 0.6) is 0 Å². The van der Waals surface area contributed by atoms with Gasteiger partial charge in [0, 0.05) is 55.3 Å². The van der Waals surface area contributed by atoms with Gasteiger partial charge in [0.1, 0.15) is 0 Å². The molecule has 0 aliphatic carbocycles. The molecular weight excluding hydrogens is 587 g/mol. The maximum atomic E-state index is 14.9. The van der Waals surface area contributed by atoms with E-state index in [-0.39, 0.29) is 12.4 Å². The quantitative estimate of drug-likeness (QED) is 0.323. The summed E-state index contributed by atoms with van der Waals surface area (Å²) in [4.78, 5) is 22.0. The van der Waals surface area contributed by atoms with Crippen molar-refractivity contribution in [1.82, 2.24) is 14.3 Å². The molecule has 10 nitrogen and oxygen atoms in total. The highest BCUT2D eigenvalue weighted by molar-refractivity contribution is 9.10. The fourth-order valence-corrected chi connectivity index (χ4v) is 8.04. The van der Waals surface area contributed by atoms with Crippen LogP contribution in [0.25, 0.3) is 0 Å². The second-order valence-electron chi connectivity index (χ2n) is 9.65. The molecule has 3 aliphatic rings. The fraction of sp³-hybridized carbons (Fsp3) is 0.519. The monoisotopic (exact) mass is 620 g/mol. The molecule has 0 N–H and O–H groups in total. The van der Waals surface area contributed by atoms with Crippen molar-refractivity contribution in [2.75, 3.05) is 59.7 Å². The maximum Gasteiger partial charge on any atom is 0.346 e. The van der Waals surface area contributed by atoms with Gasteiger partial charge >= 0.3 is 13.6 Å². The zero-order valence-corrected chi connectivity index (χ0v) is 24.5. The fourth-order valence-electron chi connectivity index (χ4n) is 5.15. The molecule has 0 radical (unpaired) electrons. The summed E-state index contributed by atoms with van der Waals surface area (Å²) in [6, 6.07) is 11.3. The number of aliphatic imine (C=N–C) groups is 1. The highest BCUT2D eigenvalue weighted by Crippen LogP contribution is 2.56. The van der Waals surface area contributed by atoms with E-state index in [0.717, 1.165) is 27.0 Å². The Hall–Kier alpha value is -1.98. The third-order valence-electron chi connectivity index (χ3n) is 7.21. The topological polar surface area (TPSA) is 103 Å². The van der Waals surface area contributed by atoms with Crippen molar-refractivity contribution in [3.8, 4) is 0 Å². The summed E-state index contributed by atoms with van der Waals surface area (Å²) < 4.78 is 42.6. The normalized spacial score (nSPS) is 23.0. The Kier molecular flexibility index (Phi) is 9.60. The highest BCUT2D eigenvalue weighted by Gasteiger charge is 2.44. The third-order valence-corrected chi connectivity index (χ3v) is 10.5. The first kappa shape index (κ1) is 28.5. The van der Waals surface area contributed by atoms with Crippen molar-refractivity contribution in [1.29, 1.82) is 0 Å². The van der Waals surface area contributed by atoms with Gasteiger partial charge in [0.15, 0.2) is 0 Å². The Bertz CT molecular complexity index is 1200. The molecule has 2 fully saturated rings. The van der Waals surface area contributed by atoms with Crippen LogP contribution < -0.4 is 0 Å². The molecule has 1 aromatic carbocycles. The largest absolute Gasteiger partial charge is 0.469 e. The molecule has 39 heavy (non-hydrogen) atoms. The van der Waals surface area contributed by atoms with Gasteiger partial charge in [-0.25, -0.2) is 9.34 Å². The molecule has 0 spiro atoms. The van der Waals surface area contributed by atoms with E-state index in [0.29, 0.717) is 65.4 Å². The van der Waals surface area contributed by atoms with Gasteiger partial charge in [0.25, 0.3) is 0 Å². The van der Waals surface area contributed by atoms with Crippen molar-refractivity contribution in [3.05, 3.63) is 63.9 Å². The van der Waals surface area contributed by atoms with Gasteiger partial charge in [-0.2, -0.15) is 0 Å². The van der Waals surface area contributed by atoms with Gasteiger partial charge in [-0.05, 0) is 36.2 Å². The molecule has 1 aromatic heterocycles. The number of rotatable bonds is 8. The lowest BCUT2D eigenvalue weighted by Crippen LogP contribution is -2.45. The van der Waals surface area contributed by atoms with Crippen LogP contribution in [-0.4, -0.2) is 97.9 Å². The number of morpholine rings is 2. The molecule has 5 rings (SSSR count). The first-order chi connectivity index (χ1) is 19.0. The number of hydrogen-bond donors (Lipinski definition) is 0. The van der Waals surface area contributed by atoms with Crippen LogP contribution in [0.2, 0.25) is 0 Å². The van der Waals surface area contributed by atoms with Crippen molar-refractivity contribution in [2.24, 2.45) is 4.99 Å². The Morgan fingerprint density at radius 2 is 1.77 bits per heavy atom. The number of pyridine rings is 1. The van der Waals surface area contributed by atoms with Gasteiger partial charge in [0.05, 0.1) is 57.1 Å². The predicted molar refractivity (Wildman–Crippen MR) is 150 cm³/mol. The predicted octanol–water partition coefficient (Wildman–Crippen LogP) is 3.72. The summed E-state index contributed by atoms with van der Waals surface area (Å²) in [6.07, 6.45) is 2.22. The average molecular weight is 621 g/mol. The van der Waals surface area contributed by atoms with Crippen LogP contribution >= 0.6 is 23.6 Å². The molecule has 3 aliphatic heterocycles. The number of aromatic nitrogens is 1. The third kappa shape index (κ3) is 6.68. The van der Waals surface area contributed by atoms with E-state index in [1.807, 2.05) is 45.7 Å². The number of ether oxygens (including phenoxy) is 3. The van der Waals surface area contributed by atoms with E-state index in [1.54, 1.807) is 6.20 Å². The molecule has 0 amide bonds. The van der Waals surface area contributed by atoms with Crippen LogP contribution in [0.1, 0.15) is 29.7 Å². The number of carbonyl (C=O) groups excluding carboxylic acids is 1. The lowest BCUT2D eigenvalue weighted by molar-refractivity contribution is -0.140. The van der Waals surface area contributed by atoms with Gasteiger partial charge in [-0.3, -0.25) is 23.9 Å². The zero-order valence-electron chi connectivity index (χ0n) is 22.0. The van der Waals surface area contributed by atoms with Crippen LogP contribution in [-0.2, 0) is 34.5 Å². The number of hydrogen-bond acceptors (Lipinski definition) is 8. The van der Waals surface area contributed by atoms with Crippen LogP contribution in [0.15, 0.2) is 52.1 Å². The summed E-state index contributed by atoms with van der Waals surface area (Å²) >= 11 is 3.61. The first-order valence-corrected chi connectivity index (χ1v) is 15.6. The minimum atomic E-state index is -3.47. The molecule has 12 heteroatoms. The zero-order chi connectivity index (χ0) is 27.2. The number of fused-ring (bicyclic) bond motifs is 1. The van der Waals surface area contributed by atoms with E-state index in [1.165, 1.54) is 7.11 Å². The van der Waals surface area contributed by atoms with Gasteiger partial charge in [-0.1, -0.05) is 28.1 Å². The molecule has 4 heterocycles.